The highest BCUT2D eigenvalue weighted by molar-refractivity contribution is 5.84. The zero-order valence-electron chi connectivity index (χ0n) is 13.2. The van der Waals surface area contributed by atoms with Crippen LogP contribution in [0.5, 0.6) is 0 Å². The zero-order valence-corrected chi connectivity index (χ0v) is 13.2. The minimum absolute atomic E-state index is 0.135. The lowest BCUT2D eigenvalue weighted by atomic mass is 9.88. The summed E-state index contributed by atoms with van der Waals surface area (Å²) in [6.45, 7) is 8.53. The molecule has 1 N–H and O–H groups in total. The zero-order chi connectivity index (χ0) is 15.0. The van der Waals surface area contributed by atoms with E-state index in [1.54, 1.807) is 0 Å². The van der Waals surface area contributed by atoms with Gasteiger partial charge in [0.15, 0.2) is 0 Å². The molecule has 0 saturated carbocycles. The van der Waals surface area contributed by atoms with Crippen LogP contribution in [0.2, 0.25) is 0 Å². The van der Waals surface area contributed by atoms with Gasteiger partial charge in [-0.05, 0) is 38.8 Å². The predicted octanol–water partition coefficient (Wildman–Crippen LogP) is 4.31. The van der Waals surface area contributed by atoms with Crippen molar-refractivity contribution in [2.45, 2.75) is 58.9 Å². The summed E-state index contributed by atoms with van der Waals surface area (Å²) in [5, 5.41) is 3.43. The second-order valence-electron chi connectivity index (χ2n) is 5.29. The first-order valence-electron chi connectivity index (χ1n) is 7.60. The maximum absolute atomic E-state index is 12.4. The van der Waals surface area contributed by atoms with Crippen LogP contribution in [0.1, 0.15) is 52.0 Å². The highest BCUT2D eigenvalue weighted by Crippen LogP contribution is 2.27. The van der Waals surface area contributed by atoms with E-state index in [1.165, 1.54) is 5.56 Å². The smallest absolute Gasteiger partial charge is 0.331 e. The lowest BCUT2D eigenvalue weighted by Gasteiger charge is -2.33. The second kappa shape index (κ2) is 7.93. The van der Waals surface area contributed by atoms with E-state index in [2.05, 4.69) is 38.2 Å². The average molecular weight is 277 g/mol. The minimum atomic E-state index is -0.602. The van der Waals surface area contributed by atoms with Gasteiger partial charge in [0.1, 0.15) is 5.54 Å². The van der Waals surface area contributed by atoms with Gasteiger partial charge in [0, 0.05) is 5.69 Å². The Kier molecular flexibility index (Phi) is 6.56. The van der Waals surface area contributed by atoms with Gasteiger partial charge in [-0.1, -0.05) is 44.4 Å². The Morgan fingerprint density at radius 3 is 2.10 bits per heavy atom. The molecule has 0 aliphatic heterocycles. The molecule has 0 saturated heterocycles. The number of carbonyl (C=O) groups is 1. The molecule has 1 aromatic carbocycles. The Balaban J connectivity index is 3.00. The van der Waals surface area contributed by atoms with Crippen LogP contribution in [0.4, 0.5) is 5.69 Å². The number of aryl methyl sites for hydroxylation is 1. The number of anilines is 1. The van der Waals surface area contributed by atoms with Gasteiger partial charge in [-0.2, -0.15) is 0 Å². The molecule has 0 aliphatic carbocycles. The van der Waals surface area contributed by atoms with Crippen LogP contribution in [0.15, 0.2) is 24.3 Å². The summed E-state index contributed by atoms with van der Waals surface area (Å²) in [6, 6.07) is 8.15. The van der Waals surface area contributed by atoms with Crippen molar-refractivity contribution in [3.8, 4) is 0 Å². The third kappa shape index (κ3) is 4.26. The number of hydrogen-bond acceptors (Lipinski definition) is 3. The summed E-state index contributed by atoms with van der Waals surface area (Å²) in [4.78, 5) is 12.4. The van der Waals surface area contributed by atoms with Crippen molar-refractivity contribution in [2.24, 2.45) is 0 Å². The largest absolute Gasteiger partial charge is 0.464 e. The standard InChI is InChI=1S/C17H27NO2/c1-5-12-17(13-6-2,16(19)20-7-3)18-15-10-8-14(4)9-11-15/h8-11,18H,5-7,12-13H2,1-4H3. The molecule has 0 radical (unpaired) electrons. The molecule has 112 valence electrons. The third-order valence-electron chi connectivity index (χ3n) is 3.45. The first-order valence-corrected chi connectivity index (χ1v) is 7.60. The Morgan fingerprint density at radius 2 is 1.65 bits per heavy atom. The SMILES string of the molecule is CCCC(CCC)(Nc1ccc(C)cc1)C(=O)OCC. The molecule has 20 heavy (non-hydrogen) atoms. The Bertz CT molecular complexity index is 406. The van der Waals surface area contributed by atoms with Gasteiger partial charge in [-0.3, -0.25) is 0 Å². The van der Waals surface area contributed by atoms with Gasteiger partial charge in [0.05, 0.1) is 6.61 Å². The van der Waals surface area contributed by atoms with E-state index >= 15 is 0 Å². The van der Waals surface area contributed by atoms with E-state index in [0.717, 1.165) is 31.4 Å². The first-order chi connectivity index (χ1) is 9.57. The molecule has 0 atom stereocenters. The van der Waals surface area contributed by atoms with E-state index in [1.807, 2.05) is 19.1 Å². The first kappa shape index (κ1) is 16.5. The molecule has 0 heterocycles. The summed E-state index contributed by atoms with van der Waals surface area (Å²) in [5.74, 6) is -0.135. The van der Waals surface area contributed by atoms with Crippen LogP contribution < -0.4 is 5.32 Å². The third-order valence-corrected chi connectivity index (χ3v) is 3.45. The number of carbonyl (C=O) groups excluding carboxylic acids is 1. The van der Waals surface area contributed by atoms with Crippen LogP contribution in [0.25, 0.3) is 0 Å². The van der Waals surface area contributed by atoms with Gasteiger partial charge in [0.25, 0.3) is 0 Å². The number of ether oxygens (including phenoxy) is 1. The van der Waals surface area contributed by atoms with Crippen LogP contribution in [-0.4, -0.2) is 18.1 Å². The Hall–Kier alpha value is -1.51. The lowest BCUT2D eigenvalue weighted by Crippen LogP contribution is -2.47. The normalized spacial score (nSPS) is 11.2. The molecular formula is C17H27NO2. The van der Waals surface area contributed by atoms with Crippen molar-refractivity contribution in [2.75, 3.05) is 11.9 Å². The number of benzene rings is 1. The van der Waals surface area contributed by atoms with Crippen molar-refractivity contribution in [1.82, 2.24) is 0 Å². The van der Waals surface area contributed by atoms with Crippen molar-refractivity contribution >= 4 is 11.7 Å². The van der Waals surface area contributed by atoms with Gasteiger partial charge >= 0.3 is 5.97 Å². The Morgan fingerprint density at radius 1 is 1.10 bits per heavy atom. The molecule has 0 bridgehead atoms. The fraction of sp³-hybridized carbons (Fsp3) is 0.588. The van der Waals surface area contributed by atoms with E-state index in [0.29, 0.717) is 6.61 Å². The second-order valence-corrected chi connectivity index (χ2v) is 5.29. The molecule has 0 spiro atoms. The maximum atomic E-state index is 12.4. The molecule has 0 amide bonds. The van der Waals surface area contributed by atoms with Gasteiger partial charge in [0.2, 0.25) is 0 Å². The minimum Gasteiger partial charge on any atom is -0.464 e. The average Bonchev–Trinajstić information content (AvgIpc) is 2.42. The quantitative estimate of drug-likeness (QED) is 0.720. The predicted molar refractivity (Wildman–Crippen MR) is 84.0 cm³/mol. The van der Waals surface area contributed by atoms with Crippen molar-refractivity contribution in [1.29, 1.82) is 0 Å². The highest BCUT2D eigenvalue weighted by Gasteiger charge is 2.38. The van der Waals surface area contributed by atoms with E-state index in [-0.39, 0.29) is 5.97 Å². The van der Waals surface area contributed by atoms with Crippen LogP contribution in [0.3, 0.4) is 0 Å². The summed E-state index contributed by atoms with van der Waals surface area (Å²) >= 11 is 0. The summed E-state index contributed by atoms with van der Waals surface area (Å²) in [6.07, 6.45) is 3.45. The molecule has 1 aromatic rings. The maximum Gasteiger partial charge on any atom is 0.331 e. The lowest BCUT2D eigenvalue weighted by molar-refractivity contribution is -0.149. The number of nitrogens with one attached hydrogen (secondary N) is 1. The van der Waals surface area contributed by atoms with E-state index in [9.17, 15) is 4.79 Å². The van der Waals surface area contributed by atoms with Crippen molar-refractivity contribution < 1.29 is 9.53 Å². The number of hydrogen-bond donors (Lipinski definition) is 1. The van der Waals surface area contributed by atoms with Crippen LogP contribution >= 0.6 is 0 Å². The monoisotopic (exact) mass is 277 g/mol. The summed E-state index contributed by atoms with van der Waals surface area (Å²) < 4.78 is 5.31. The molecule has 0 fully saturated rings. The van der Waals surface area contributed by atoms with Crippen molar-refractivity contribution in [3.63, 3.8) is 0 Å². The summed E-state index contributed by atoms with van der Waals surface area (Å²) in [5.41, 5.74) is 1.59. The molecule has 0 aromatic heterocycles. The highest BCUT2D eigenvalue weighted by atomic mass is 16.5. The van der Waals surface area contributed by atoms with Gasteiger partial charge < -0.3 is 10.1 Å². The Labute approximate surface area is 122 Å². The van der Waals surface area contributed by atoms with E-state index in [4.69, 9.17) is 4.74 Å². The van der Waals surface area contributed by atoms with Crippen LogP contribution in [-0.2, 0) is 9.53 Å². The number of esters is 1. The fourth-order valence-corrected chi connectivity index (χ4v) is 2.54. The molecule has 3 heteroatoms. The molecule has 3 nitrogen and oxygen atoms in total. The molecule has 0 unspecified atom stereocenters. The number of rotatable bonds is 8. The molecule has 0 aliphatic rings. The van der Waals surface area contributed by atoms with Gasteiger partial charge in [-0.15, -0.1) is 0 Å². The fourth-order valence-electron chi connectivity index (χ4n) is 2.54. The van der Waals surface area contributed by atoms with E-state index < -0.39 is 5.54 Å². The summed E-state index contributed by atoms with van der Waals surface area (Å²) in [7, 11) is 0. The molecule has 1 rings (SSSR count). The topological polar surface area (TPSA) is 38.3 Å². The van der Waals surface area contributed by atoms with Crippen LogP contribution in [0, 0.1) is 6.92 Å². The molecular weight excluding hydrogens is 250 g/mol. The van der Waals surface area contributed by atoms with Crippen molar-refractivity contribution in [3.05, 3.63) is 29.8 Å². The van der Waals surface area contributed by atoms with Gasteiger partial charge in [-0.25, -0.2) is 4.79 Å².